The summed E-state index contributed by atoms with van der Waals surface area (Å²) in [5.41, 5.74) is 1.20. The second kappa shape index (κ2) is 9.68. The van der Waals surface area contributed by atoms with E-state index in [4.69, 9.17) is 26.2 Å². The first-order chi connectivity index (χ1) is 15.8. The molecule has 2 aromatic rings. The van der Waals surface area contributed by atoms with Crippen molar-refractivity contribution in [3.63, 3.8) is 0 Å². The number of fused-ring (bicyclic) bond motifs is 2. The molecule has 2 aliphatic heterocycles. The number of para-hydroxylation sites is 1. The summed E-state index contributed by atoms with van der Waals surface area (Å²) in [6.45, 7) is 0.186. The number of carbonyl (C=O) groups excluding carboxylic acids is 2. The van der Waals surface area contributed by atoms with Crippen LogP contribution in [0.15, 0.2) is 42.5 Å². The molecule has 4 rings (SSSR count). The van der Waals surface area contributed by atoms with Gasteiger partial charge in [-0.25, -0.2) is 4.79 Å². The number of likely N-dealkylation sites (N-methyl/N-ethyl adjacent to an activating group) is 1. The summed E-state index contributed by atoms with van der Waals surface area (Å²) in [4.78, 5) is 38.3. The molecule has 0 saturated carbocycles. The molecule has 3 atom stereocenters. The van der Waals surface area contributed by atoms with Gasteiger partial charge in [-0.2, -0.15) is 0 Å². The van der Waals surface area contributed by atoms with Crippen LogP contribution in [0.2, 0.25) is 5.02 Å². The van der Waals surface area contributed by atoms with E-state index < -0.39 is 24.2 Å². The maximum absolute atomic E-state index is 13.2. The predicted molar refractivity (Wildman–Crippen MR) is 122 cm³/mol. The molecule has 0 bridgehead atoms. The Hall–Kier alpha value is -3.30. The van der Waals surface area contributed by atoms with E-state index in [-0.39, 0.29) is 25.0 Å². The lowest BCUT2D eigenvalue weighted by Gasteiger charge is -2.42. The maximum atomic E-state index is 13.2. The van der Waals surface area contributed by atoms with Gasteiger partial charge in [-0.3, -0.25) is 9.59 Å². The number of carbonyl (C=O) groups is 3. The molecule has 174 valence electrons. The van der Waals surface area contributed by atoms with Crippen LogP contribution in [0.5, 0.6) is 5.75 Å². The van der Waals surface area contributed by atoms with Crippen molar-refractivity contribution in [3.05, 3.63) is 53.1 Å². The number of hydrogen-bond donors (Lipinski definition) is 3. The van der Waals surface area contributed by atoms with Gasteiger partial charge in [0.2, 0.25) is 0 Å². The second-order valence-corrected chi connectivity index (χ2v) is 8.44. The van der Waals surface area contributed by atoms with Crippen molar-refractivity contribution in [2.45, 2.75) is 37.5 Å². The molecule has 2 aliphatic rings. The van der Waals surface area contributed by atoms with Gasteiger partial charge in [-0.15, -0.1) is 0 Å². The van der Waals surface area contributed by atoms with E-state index in [0.29, 0.717) is 40.6 Å². The number of nitrogens with zero attached hydrogens (tertiary/aromatic N) is 1. The standard InChI is InChI=1S/C23H24ClN3O6/c1-27-18-8-7-14(11-21(28)29)33-20(18)12-32-19-9-6-13(10-15(19)22(27)30)25-23(31)26-17-5-3-2-4-16(17)24/h2-6,9-10,14,18,20H,7-8,11-12H2,1H3,(H,28,29)(H2,25,26,31)/t14-,18+,20-/m1/s1. The molecule has 1 saturated heterocycles. The van der Waals surface area contributed by atoms with Gasteiger partial charge in [-0.1, -0.05) is 23.7 Å². The number of amides is 3. The van der Waals surface area contributed by atoms with E-state index >= 15 is 0 Å². The van der Waals surface area contributed by atoms with Crippen molar-refractivity contribution < 1.29 is 29.0 Å². The molecule has 0 aromatic heterocycles. The lowest BCUT2D eigenvalue weighted by Crippen LogP contribution is -2.53. The zero-order valence-corrected chi connectivity index (χ0v) is 18.7. The molecule has 0 spiro atoms. The number of ether oxygens (including phenoxy) is 2. The Morgan fingerprint density at radius 1 is 1.18 bits per heavy atom. The summed E-state index contributed by atoms with van der Waals surface area (Å²) in [5.74, 6) is -0.819. The fraction of sp³-hybridized carbons (Fsp3) is 0.348. The van der Waals surface area contributed by atoms with Crippen molar-refractivity contribution in [1.82, 2.24) is 4.90 Å². The van der Waals surface area contributed by atoms with Crippen LogP contribution in [-0.2, 0) is 9.53 Å². The topological polar surface area (TPSA) is 117 Å². The van der Waals surface area contributed by atoms with Gasteiger partial charge in [-0.05, 0) is 43.2 Å². The van der Waals surface area contributed by atoms with E-state index in [2.05, 4.69) is 10.6 Å². The summed E-state index contributed by atoms with van der Waals surface area (Å²) in [6.07, 6.45) is 0.244. The van der Waals surface area contributed by atoms with Gasteiger partial charge < -0.3 is 30.1 Å². The molecule has 3 N–H and O–H groups in total. The molecule has 2 aromatic carbocycles. The molecular formula is C23H24ClN3O6. The number of aliphatic carboxylic acids is 1. The number of rotatable bonds is 4. The Balaban J connectivity index is 1.49. The van der Waals surface area contributed by atoms with Gasteiger partial charge in [0.05, 0.1) is 34.8 Å². The number of hydrogen-bond acceptors (Lipinski definition) is 5. The van der Waals surface area contributed by atoms with Crippen LogP contribution in [-0.4, -0.2) is 59.8 Å². The average Bonchev–Trinajstić information content (AvgIpc) is 2.78. The Morgan fingerprint density at radius 3 is 2.73 bits per heavy atom. The van der Waals surface area contributed by atoms with E-state index in [1.165, 1.54) is 0 Å². The quantitative estimate of drug-likeness (QED) is 0.621. The highest BCUT2D eigenvalue weighted by atomic mass is 35.5. The lowest BCUT2D eigenvalue weighted by molar-refractivity contribution is -0.148. The maximum Gasteiger partial charge on any atom is 0.323 e. The Labute approximate surface area is 195 Å². The first kappa shape index (κ1) is 22.9. The zero-order valence-electron chi connectivity index (χ0n) is 17.9. The number of benzene rings is 2. The van der Waals surface area contributed by atoms with Crippen LogP contribution in [0.25, 0.3) is 0 Å². The number of carboxylic acids is 1. The number of halogens is 1. The fourth-order valence-electron chi connectivity index (χ4n) is 4.15. The normalized spacial score (nSPS) is 22.2. The minimum Gasteiger partial charge on any atom is -0.490 e. The highest BCUT2D eigenvalue weighted by molar-refractivity contribution is 6.33. The Kier molecular flexibility index (Phi) is 6.71. The van der Waals surface area contributed by atoms with Crippen molar-refractivity contribution in [2.75, 3.05) is 24.3 Å². The minimum absolute atomic E-state index is 0.0806. The summed E-state index contributed by atoms with van der Waals surface area (Å²) >= 11 is 6.08. The summed E-state index contributed by atoms with van der Waals surface area (Å²) in [6, 6.07) is 10.9. The molecule has 9 nitrogen and oxygen atoms in total. The van der Waals surface area contributed by atoms with E-state index in [9.17, 15) is 14.4 Å². The third kappa shape index (κ3) is 5.20. The van der Waals surface area contributed by atoms with Crippen LogP contribution < -0.4 is 15.4 Å². The molecule has 33 heavy (non-hydrogen) atoms. The fourth-order valence-corrected chi connectivity index (χ4v) is 4.33. The highest BCUT2D eigenvalue weighted by Gasteiger charge is 2.39. The van der Waals surface area contributed by atoms with Crippen LogP contribution in [0.4, 0.5) is 16.2 Å². The van der Waals surface area contributed by atoms with Crippen LogP contribution in [0.1, 0.15) is 29.6 Å². The van der Waals surface area contributed by atoms with Crippen molar-refractivity contribution >= 4 is 40.9 Å². The molecular weight excluding hydrogens is 450 g/mol. The highest BCUT2D eigenvalue weighted by Crippen LogP contribution is 2.32. The van der Waals surface area contributed by atoms with Crippen LogP contribution in [0, 0.1) is 0 Å². The molecule has 10 heteroatoms. The lowest BCUT2D eigenvalue weighted by atomic mass is 9.94. The van der Waals surface area contributed by atoms with E-state index in [0.717, 1.165) is 0 Å². The summed E-state index contributed by atoms with van der Waals surface area (Å²) in [7, 11) is 1.69. The second-order valence-electron chi connectivity index (χ2n) is 8.04. The van der Waals surface area contributed by atoms with E-state index in [1.807, 2.05) is 0 Å². The van der Waals surface area contributed by atoms with Gasteiger partial charge in [0.1, 0.15) is 18.5 Å². The van der Waals surface area contributed by atoms with Crippen LogP contribution in [0.3, 0.4) is 0 Å². The number of carboxylic acid groups (broad SMARTS) is 1. The third-order valence-electron chi connectivity index (χ3n) is 5.79. The smallest absolute Gasteiger partial charge is 0.323 e. The zero-order chi connectivity index (χ0) is 23.5. The summed E-state index contributed by atoms with van der Waals surface area (Å²) < 4.78 is 11.8. The summed E-state index contributed by atoms with van der Waals surface area (Å²) in [5, 5.41) is 14.8. The van der Waals surface area contributed by atoms with Crippen molar-refractivity contribution in [1.29, 1.82) is 0 Å². The SMILES string of the molecule is CN1C(=O)c2cc(NC(=O)Nc3ccccc3Cl)ccc2OC[C@H]2O[C@@H](CC(=O)O)CC[C@@H]21. The first-order valence-corrected chi connectivity index (χ1v) is 10.9. The monoisotopic (exact) mass is 473 g/mol. The number of urea groups is 1. The van der Waals surface area contributed by atoms with Crippen molar-refractivity contribution in [3.8, 4) is 5.75 Å². The first-order valence-electron chi connectivity index (χ1n) is 10.6. The van der Waals surface area contributed by atoms with E-state index in [1.54, 1.807) is 54.4 Å². The molecule has 0 aliphatic carbocycles. The largest absolute Gasteiger partial charge is 0.490 e. The van der Waals surface area contributed by atoms with Crippen LogP contribution >= 0.6 is 11.6 Å². The minimum atomic E-state index is -0.918. The molecule has 0 unspecified atom stereocenters. The molecule has 2 heterocycles. The van der Waals surface area contributed by atoms with Gasteiger partial charge in [0.25, 0.3) is 5.91 Å². The van der Waals surface area contributed by atoms with Gasteiger partial charge in [0.15, 0.2) is 0 Å². The number of anilines is 2. The molecule has 1 fully saturated rings. The van der Waals surface area contributed by atoms with Gasteiger partial charge >= 0.3 is 12.0 Å². The van der Waals surface area contributed by atoms with Crippen molar-refractivity contribution in [2.24, 2.45) is 0 Å². The third-order valence-corrected chi connectivity index (χ3v) is 6.12. The average molecular weight is 474 g/mol. The van der Waals surface area contributed by atoms with Gasteiger partial charge in [0, 0.05) is 12.7 Å². The molecule has 3 amide bonds. The Morgan fingerprint density at radius 2 is 1.97 bits per heavy atom. The Bertz CT molecular complexity index is 1080. The number of nitrogens with one attached hydrogen (secondary N) is 2. The predicted octanol–water partition coefficient (Wildman–Crippen LogP) is 3.84. The molecule has 0 radical (unpaired) electrons.